The zero-order valence-corrected chi connectivity index (χ0v) is 12.7. The Morgan fingerprint density at radius 3 is 2.68 bits per heavy atom. The third-order valence-corrected chi connectivity index (χ3v) is 3.52. The van der Waals surface area contributed by atoms with Crippen LogP contribution in [0.15, 0.2) is 29.2 Å². The largest absolute Gasteiger partial charge is 0.464 e. The summed E-state index contributed by atoms with van der Waals surface area (Å²) in [6.07, 6.45) is 1.43. The number of benzene rings is 1. The molecule has 0 aliphatic heterocycles. The quantitative estimate of drug-likeness (QED) is 0.490. The van der Waals surface area contributed by atoms with Gasteiger partial charge >= 0.3 is 5.97 Å². The molecule has 116 valence electrons. The number of hydrogen-bond donors (Lipinski definition) is 0. The van der Waals surface area contributed by atoms with Crippen LogP contribution in [-0.4, -0.2) is 22.1 Å². The van der Waals surface area contributed by atoms with Crippen molar-refractivity contribution in [1.29, 1.82) is 0 Å². The first kappa shape index (κ1) is 16.0. The van der Waals surface area contributed by atoms with Crippen LogP contribution in [0.3, 0.4) is 0 Å². The van der Waals surface area contributed by atoms with Crippen molar-refractivity contribution < 1.29 is 14.5 Å². The van der Waals surface area contributed by atoms with E-state index in [0.717, 1.165) is 0 Å². The van der Waals surface area contributed by atoms with Crippen LogP contribution >= 0.6 is 11.6 Å². The number of halogens is 1. The summed E-state index contributed by atoms with van der Waals surface area (Å²) in [5.41, 5.74) is -0.701. The Bertz CT molecular complexity index is 815. The van der Waals surface area contributed by atoms with Crippen molar-refractivity contribution in [2.75, 3.05) is 6.61 Å². The predicted molar refractivity (Wildman–Crippen MR) is 81.2 cm³/mol. The molecule has 8 heteroatoms. The van der Waals surface area contributed by atoms with Crippen molar-refractivity contribution >= 4 is 34.0 Å². The SMILES string of the molecule is CC(=O)OCC(C)n1ccc2c([N+](=O)[O-])c(Cl)ccc2c1=O. The minimum Gasteiger partial charge on any atom is -0.464 e. The van der Waals surface area contributed by atoms with Crippen LogP contribution in [0.4, 0.5) is 5.69 Å². The summed E-state index contributed by atoms with van der Waals surface area (Å²) in [4.78, 5) is 33.8. The van der Waals surface area contributed by atoms with Gasteiger partial charge in [-0.15, -0.1) is 0 Å². The number of nitro benzene ring substituents is 1. The molecular weight excluding hydrogens is 312 g/mol. The maximum atomic E-state index is 12.5. The zero-order valence-electron chi connectivity index (χ0n) is 11.9. The van der Waals surface area contributed by atoms with E-state index in [4.69, 9.17) is 16.3 Å². The number of nitro groups is 1. The second-order valence-electron chi connectivity index (χ2n) is 4.79. The summed E-state index contributed by atoms with van der Waals surface area (Å²) in [7, 11) is 0. The summed E-state index contributed by atoms with van der Waals surface area (Å²) in [6.45, 7) is 3.03. The Hall–Kier alpha value is -2.41. The molecule has 0 aliphatic carbocycles. The number of rotatable bonds is 4. The fourth-order valence-electron chi connectivity index (χ4n) is 2.15. The molecule has 0 N–H and O–H groups in total. The fourth-order valence-corrected chi connectivity index (χ4v) is 2.38. The van der Waals surface area contributed by atoms with Crippen LogP contribution < -0.4 is 5.56 Å². The van der Waals surface area contributed by atoms with E-state index in [1.54, 1.807) is 6.92 Å². The van der Waals surface area contributed by atoms with Gasteiger partial charge in [-0.2, -0.15) is 0 Å². The molecule has 0 aliphatic rings. The van der Waals surface area contributed by atoms with Gasteiger partial charge in [-0.1, -0.05) is 11.6 Å². The average molecular weight is 325 g/mol. The third kappa shape index (κ3) is 2.94. The van der Waals surface area contributed by atoms with Crippen LogP contribution in [0, 0.1) is 10.1 Å². The number of pyridine rings is 1. The van der Waals surface area contributed by atoms with Crippen LogP contribution in [0.25, 0.3) is 10.8 Å². The van der Waals surface area contributed by atoms with Crippen LogP contribution in [-0.2, 0) is 9.53 Å². The molecule has 0 fully saturated rings. The summed E-state index contributed by atoms with van der Waals surface area (Å²) in [6, 6.07) is 3.84. The lowest BCUT2D eigenvalue weighted by Gasteiger charge is -2.15. The Kier molecular flexibility index (Phi) is 4.46. The van der Waals surface area contributed by atoms with E-state index >= 15 is 0 Å². The molecule has 1 heterocycles. The summed E-state index contributed by atoms with van der Waals surface area (Å²) >= 11 is 5.83. The van der Waals surface area contributed by atoms with Gasteiger partial charge in [-0.3, -0.25) is 19.7 Å². The Labute approximate surface area is 130 Å². The lowest BCUT2D eigenvalue weighted by Crippen LogP contribution is -2.26. The minimum absolute atomic E-state index is 0.0254. The molecule has 1 unspecified atom stereocenters. The summed E-state index contributed by atoms with van der Waals surface area (Å²) < 4.78 is 6.24. The number of aromatic nitrogens is 1. The van der Waals surface area contributed by atoms with Gasteiger partial charge in [0.2, 0.25) is 0 Å². The van der Waals surface area contributed by atoms with Crippen molar-refractivity contribution in [3.63, 3.8) is 0 Å². The van der Waals surface area contributed by atoms with Gasteiger partial charge in [0.05, 0.1) is 21.7 Å². The molecule has 1 aromatic heterocycles. The van der Waals surface area contributed by atoms with E-state index in [9.17, 15) is 19.7 Å². The molecule has 7 nitrogen and oxygen atoms in total. The number of carbonyl (C=O) groups excluding carboxylic acids is 1. The second-order valence-corrected chi connectivity index (χ2v) is 5.20. The molecule has 2 aromatic rings. The third-order valence-electron chi connectivity index (χ3n) is 3.22. The molecule has 0 bridgehead atoms. The monoisotopic (exact) mass is 324 g/mol. The lowest BCUT2D eigenvalue weighted by molar-refractivity contribution is -0.382. The van der Waals surface area contributed by atoms with E-state index in [1.807, 2.05) is 0 Å². The molecular formula is C14H13ClN2O5. The van der Waals surface area contributed by atoms with Crippen molar-refractivity contribution in [2.45, 2.75) is 19.9 Å². The Morgan fingerprint density at radius 1 is 1.41 bits per heavy atom. The maximum absolute atomic E-state index is 12.5. The molecule has 0 saturated heterocycles. The highest BCUT2D eigenvalue weighted by molar-refractivity contribution is 6.34. The molecule has 22 heavy (non-hydrogen) atoms. The highest BCUT2D eigenvalue weighted by atomic mass is 35.5. The van der Waals surface area contributed by atoms with Crippen LogP contribution in [0.1, 0.15) is 19.9 Å². The topological polar surface area (TPSA) is 91.4 Å². The first-order valence-electron chi connectivity index (χ1n) is 6.44. The van der Waals surface area contributed by atoms with E-state index in [2.05, 4.69) is 0 Å². The first-order valence-corrected chi connectivity index (χ1v) is 6.82. The van der Waals surface area contributed by atoms with E-state index < -0.39 is 22.5 Å². The van der Waals surface area contributed by atoms with Gasteiger partial charge in [-0.25, -0.2) is 0 Å². The maximum Gasteiger partial charge on any atom is 0.302 e. The number of fused-ring (bicyclic) bond motifs is 1. The smallest absolute Gasteiger partial charge is 0.302 e. The summed E-state index contributed by atoms with van der Waals surface area (Å²) in [5, 5.41) is 11.4. The molecule has 1 atom stereocenters. The first-order chi connectivity index (χ1) is 10.3. The van der Waals surface area contributed by atoms with Gasteiger partial charge in [0.1, 0.15) is 11.6 Å². The number of ether oxygens (including phenoxy) is 1. The van der Waals surface area contributed by atoms with Gasteiger partial charge in [0.25, 0.3) is 11.2 Å². The predicted octanol–water partition coefficient (Wildman–Crippen LogP) is 2.69. The fraction of sp³-hybridized carbons (Fsp3) is 0.286. The molecule has 0 radical (unpaired) electrons. The number of esters is 1. The second kappa shape index (κ2) is 6.15. The normalized spacial score (nSPS) is 12.1. The Balaban J connectivity index is 2.56. The molecule has 2 rings (SSSR count). The Morgan fingerprint density at radius 2 is 2.09 bits per heavy atom. The average Bonchev–Trinajstić information content (AvgIpc) is 2.44. The zero-order chi connectivity index (χ0) is 16.4. The highest BCUT2D eigenvalue weighted by Crippen LogP contribution is 2.31. The van der Waals surface area contributed by atoms with Crippen molar-refractivity contribution in [3.8, 4) is 0 Å². The van der Waals surface area contributed by atoms with Crippen LogP contribution in [0.5, 0.6) is 0 Å². The van der Waals surface area contributed by atoms with Gasteiger partial charge in [-0.05, 0) is 25.1 Å². The van der Waals surface area contributed by atoms with Gasteiger partial charge < -0.3 is 9.30 Å². The van der Waals surface area contributed by atoms with Crippen molar-refractivity contribution in [2.24, 2.45) is 0 Å². The van der Waals surface area contributed by atoms with E-state index in [1.165, 1.54) is 35.9 Å². The van der Waals surface area contributed by atoms with Gasteiger partial charge in [0, 0.05) is 13.1 Å². The van der Waals surface area contributed by atoms with Crippen LogP contribution in [0.2, 0.25) is 5.02 Å². The minimum atomic E-state index is -0.614. The number of hydrogen-bond acceptors (Lipinski definition) is 5. The van der Waals surface area contributed by atoms with E-state index in [-0.39, 0.29) is 28.1 Å². The van der Waals surface area contributed by atoms with Gasteiger partial charge in [0.15, 0.2) is 0 Å². The standard InChI is InChI=1S/C14H13ClN2O5/c1-8(7-22-9(2)18)16-6-5-10-11(14(16)19)3-4-12(15)13(10)17(20)21/h3-6,8H,7H2,1-2H3. The number of carbonyl (C=O) groups is 1. The highest BCUT2D eigenvalue weighted by Gasteiger charge is 2.20. The van der Waals surface area contributed by atoms with Crippen molar-refractivity contribution in [1.82, 2.24) is 4.57 Å². The van der Waals surface area contributed by atoms with E-state index in [0.29, 0.717) is 0 Å². The lowest BCUT2D eigenvalue weighted by atomic mass is 10.1. The van der Waals surface area contributed by atoms with Crippen molar-refractivity contribution in [3.05, 3.63) is 49.9 Å². The molecule has 0 saturated carbocycles. The summed E-state index contributed by atoms with van der Waals surface area (Å²) in [5.74, 6) is -0.442. The molecule has 0 spiro atoms. The number of nitrogens with zero attached hydrogens (tertiary/aromatic N) is 2. The molecule has 0 amide bonds. The molecule has 1 aromatic carbocycles.